The minimum atomic E-state index is -1.08. The number of carbonyl (C=O) groups is 3. The summed E-state index contributed by atoms with van der Waals surface area (Å²) >= 11 is 4.52. The zero-order valence-corrected chi connectivity index (χ0v) is 15.3. The number of β-lactam (4-membered cyclic amide) rings is 1. The van der Waals surface area contributed by atoms with E-state index in [1.165, 1.54) is 39.8 Å². The zero-order valence-electron chi connectivity index (χ0n) is 12.9. The van der Waals surface area contributed by atoms with Gasteiger partial charge in [-0.3, -0.25) is 14.5 Å². The second-order valence-corrected chi connectivity index (χ2v) is 8.40. The zero-order chi connectivity index (χ0) is 17.3. The Bertz CT molecular complexity index is 702. The van der Waals surface area contributed by atoms with Crippen LogP contribution in [0.5, 0.6) is 0 Å². The van der Waals surface area contributed by atoms with Crippen molar-refractivity contribution in [3.63, 3.8) is 0 Å². The molecule has 1 aromatic rings. The predicted octanol–water partition coefficient (Wildman–Crippen LogP) is 1.39. The van der Waals surface area contributed by atoms with Crippen molar-refractivity contribution >= 4 is 52.6 Å². The van der Waals surface area contributed by atoms with Crippen LogP contribution in [-0.4, -0.2) is 57.0 Å². The maximum Gasteiger partial charge on any atom is 0.352 e. The standard InChI is InChI=1S/C15H16N2O4S3/c1-22-6-8-7-24-14-11(13(19)17(14)12(8)15(20)21)16-10(18)5-9-3-2-4-23-9/h2-4,11,14H,5-7H2,1H3,(H,16,18)(H,20,21)/t11-,14-/m1/s1. The number of hydrogen-bond acceptors (Lipinski definition) is 6. The summed E-state index contributed by atoms with van der Waals surface area (Å²) in [6.07, 6.45) is 2.13. The first kappa shape index (κ1) is 17.4. The molecule has 0 aromatic carbocycles. The van der Waals surface area contributed by atoms with E-state index >= 15 is 0 Å². The van der Waals surface area contributed by atoms with Crippen LogP contribution >= 0.6 is 34.9 Å². The summed E-state index contributed by atoms with van der Waals surface area (Å²) in [4.78, 5) is 38.3. The molecule has 0 aliphatic carbocycles. The van der Waals surface area contributed by atoms with Crippen LogP contribution in [-0.2, 0) is 20.8 Å². The molecule has 6 nitrogen and oxygen atoms in total. The van der Waals surface area contributed by atoms with Gasteiger partial charge in [0.05, 0.1) is 6.42 Å². The van der Waals surface area contributed by atoms with E-state index in [4.69, 9.17) is 0 Å². The number of nitrogens with one attached hydrogen (secondary N) is 1. The number of nitrogens with zero attached hydrogens (tertiary/aromatic N) is 1. The number of rotatable bonds is 6. The summed E-state index contributed by atoms with van der Waals surface area (Å²) in [5, 5.41) is 13.8. The van der Waals surface area contributed by atoms with Crippen molar-refractivity contribution in [3.05, 3.63) is 33.7 Å². The molecule has 1 saturated heterocycles. The third-order valence-corrected chi connectivity index (χ3v) is 6.65. The van der Waals surface area contributed by atoms with Gasteiger partial charge in [0.1, 0.15) is 17.1 Å². The summed E-state index contributed by atoms with van der Waals surface area (Å²) in [5.41, 5.74) is 0.842. The monoisotopic (exact) mass is 384 g/mol. The smallest absolute Gasteiger partial charge is 0.352 e. The largest absolute Gasteiger partial charge is 0.477 e. The van der Waals surface area contributed by atoms with E-state index in [1.54, 1.807) is 0 Å². The molecular formula is C15H16N2O4S3. The van der Waals surface area contributed by atoms with Crippen LogP contribution < -0.4 is 5.32 Å². The van der Waals surface area contributed by atoms with Crippen LogP contribution in [0.4, 0.5) is 0 Å². The molecule has 0 bridgehead atoms. The van der Waals surface area contributed by atoms with Crippen molar-refractivity contribution in [2.75, 3.05) is 17.8 Å². The Morgan fingerprint density at radius 1 is 1.50 bits per heavy atom. The number of aliphatic carboxylic acids is 1. The Morgan fingerprint density at radius 2 is 2.29 bits per heavy atom. The molecule has 1 aromatic heterocycles. The van der Waals surface area contributed by atoms with Crippen molar-refractivity contribution in [1.82, 2.24) is 10.2 Å². The third kappa shape index (κ3) is 3.20. The fourth-order valence-corrected chi connectivity index (χ4v) is 5.53. The Kier molecular flexibility index (Phi) is 5.21. The highest BCUT2D eigenvalue weighted by Gasteiger charge is 2.54. The van der Waals surface area contributed by atoms with Crippen LogP contribution in [0.3, 0.4) is 0 Å². The number of amides is 2. The van der Waals surface area contributed by atoms with Crippen LogP contribution in [0.25, 0.3) is 0 Å². The fraction of sp³-hybridized carbons (Fsp3) is 0.400. The predicted molar refractivity (Wildman–Crippen MR) is 96.1 cm³/mol. The topological polar surface area (TPSA) is 86.7 Å². The molecule has 0 saturated carbocycles. The van der Waals surface area contributed by atoms with Gasteiger partial charge in [-0.15, -0.1) is 23.1 Å². The van der Waals surface area contributed by atoms with E-state index in [0.717, 1.165) is 10.5 Å². The molecule has 2 aliphatic rings. The van der Waals surface area contributed by atoms with Gasteiger partial charge in [0, 0.05) is 16.4 Å². The van der Waals surface area contributed by atoms with Crippen molar-refractivity contribution in [1.29, 1.82) is 0 Å². The minimum Gasteiger partial charge on any atom is -0.477 e. The molecule has 2 N–H and O–H groups in total. The van der Waals surface area contributed by atoms with E-state index in [0.29, 0.717) is 11.5 Å². The van der Waals surface area contributed by atoms with Gasteiger partial charge < -0.3 is 10.4 Å². The second-order valence-electron chi connectivity index (χ2n) is 5.40. The van der Waals surface area contributed by atoms with Crippen molar-refractivity contribution in [2.45, 2.75) is 17.8 Å². The number of thiophene rings is 1. The van der Waals surface area contributed by atoms with Gasteiger partial charge >= 0.3 is 5.97 Å². The summed E-state index contributed by atoms with van der Waals surface area (Å²) < 4.78 is 0. The highest BCUT2D eigenvalue weighted by atomic mass is 32.2. The SMILES string of the molecule is CSCC1=C(C(=O)O)N2C(=O)[C@@H](NC(=O)Cc3cccs3)[C@H]2SC1. The molecule has 3 heterocycles. The Morgan fingerprint density at radius 3 is 2.92 bits per heavy atom. The van der Waals surface area contributed by atoms with Crippen LogP contribution in [0.1, 0.15) is 4.88 Å². The molecule has 2 aliphatic heterocycles. The maximum atomic E-state index is 12.4. The lowest BCUT2D eigenvalue weighted by Gasteiger charge is -2.49. The van der Waals surface area contributed by atoms with E-state index in [2.05, 4.69) is 5.32 Å². The number of carboxylic acids is 1. The number of thioether (sulfide) groups is 2. The van der Waals surface area contributed by atoms with Crippen molar-refractivity contribution in [2.24, 2.45) is 0 Å². The molecule has 0 unspecified atom stereocenters. The van der Waals surface area contributed by atoms with E-state index in [-0.39, 0.29) is 29.3 Å². The second kappa shape index (κ2) is 7.20. The molecule has 24 heavy (non-hydrogen) atoms. The van der Waals surface area contributed by atoms with Gasteiger partial charge in [-0.25, -0.2) is 4.79 Å². The van der Waals surface area contributed by atoms with Crippen molar-refractivity contribution < 1.29 is 19.5 Å². The van der Waals surface area contributed by atoms with Gasteiger partial charge in [-0.1, -0.05) is 6.07 Å². The van der Waals surface area contributed by atoms with Gasteiger partial charge in [-0.2, -0.15) is 11.8 Å². The number of carboxylic acid groups (broad SMARTS) is 1. The number of carbonyl (C=O) groups excluding carboxylic acids is 2. The summed E-state index contributed by atoms with van der Waals surface area (Å²) in [6.45, 7) is 0. The lowest BCUT2D eigenvalue weighted by Crippen LogP contribution is -2.70. The van der Waals surface area contributed by atoms with Gasteiger partial charge in [0.25, 0.3) is 5.91 Å². The average Bonchev–Trinajstić information content (AvgIpc) is 3.05. The molecule has 2 amide bonds. The lowest BCUT2D eigenvalue weighted by atomic mass is 10.0. The molecule has 1 fully saturated rings. The molecule has 2 atom stereocenters. The highest BCUT2D eigenvalue weighted by molar-refractivity contribution is 8.00. The maximum absolute atomic E-state index is 12.4. The first-order chi connectivity index (χ1) is 11.5. The fourth-order valence-electron chi connectivity index (χ4n) is 2.76. The van der Waals surface area contributed by atoms with Crippen LogP contribution in [0.15, 0.2) is 28.8 Å². The van der Waals surface area contributed by atoms with Gasteiger partial charge in [0.15, 0.2) is 0 Å². The van der Waals surface area contributed by atoms with E-state index in [1.807, 2.05) is 23.8 Å². The quantitative estimate of drug-likeness (QED) is 0.721. The molecule has 3 rings (SSSR count). The Hall–Kier alpha value is -1.45. The molecule has 9 heteroatoms. The average molecular weight is 385 g/mol. The van der Waals surface area contributed by atoms with Crippen molar-refractivity contribution in [3.8, 4) is 0 Å². The normalized spacial score (nSPS) is 22.9. The van der Waals surface area contributed by atoms with Crippen LogP contribution in [0, 0.1) is 0 Å². The van der Waals surface area contributed by atoms with E-state index < -0.39 is 12.0 Å². The van der Waals surface area contributed by atoms with E-state index in [9.17, 15) is 19.5 Å². The summed E-state index contributed by atoms with van der Waals surface area (Å²) in [5.74, 6) is -0.495. The molecular weight excluding hydrogens is 368 g/mol. The Labute approximate surface area is 151 Å². The minimum absolute atomic E-state index is 0.0851. The van der Waals surface area contributed by atoms with Crippen LogP contribution in [0.2, 0.25) is 0 Å². The number of hydrogen-bond donors (Lipinski definition) is 2. The molecule has 128 valence electrons. The molecule has 0 spiro atoms. The van der Waals surface area contributed by atoms with Gasteiger partial charge in [-0.05, 0) is 23.3 Å². The lowest BCUT2D eigenvalue weighted by molar-refractivity contribution is -0.150. The first-order valence-electron chi connectivity index (χ1n) is 7.23. The third-order valence-electron chi connectivity index (χ3n) is 3.80. The Balaban J connectivity index is 1.70. The molecule has 0 radical (unpaired) electrons. The summed E-state index contributed by atoms with van der Waals surface area (Å²) in [7, 11) is 0. The highest BCUT2D eigenvalue weighted by Crippen LogP contribution is 2.40. The number of fused-ring (bicyclic) bond motifs is 1. The first-order valence-corrected chi connectivity index (χ1v) is 10.6. The summed E-state index contributed by atoms with van der Waals surface area (Å²) in [6, 6.07) is 3.10. The van der Waals surface area contributed by atoms with Gasteiger partial charge in [0.2, 0.25) is 5.91 Å².